The lowest BCUT2D eigenvalue weighted by molar-refractivity contribution is 0.470. The molecule has 1 rings (SSSR count). The van der Waals surface area contributed by atoms with Crippen LogP contribution in [0, 0.1) is 0 Å². The van der Waals surface area contributed by atoms with Gasteiger partial charge in [-0.1, -0.05) is 18.2 Å². The molecule has 1 N–H and O–H groups in total. The minimum absolute atomic E-state index is 0. The number of sulfone groups is 1. The molecule has 5 nitrogen and oxygen atoms in total. The van der Waals surface area contributed by atoms with Crippen LogP contribution in [0.1, 0.15) is 25.3 Å². The van der Waals surface area contributed by atoms with Crippen LogP contribution in [0.2, 0.25) is 0 Å². The van der Waals surface area contributed by atoms with Gasteiger partial charge in [0, 0.05) is 26.4 Å². The van der Waals surface area contributed by atoms with Gasteiger partial charge in [0.25, 0.3) is 0 Å². The monoisotopic (exact) mass is 465 g/mol. The molecule has 0 aliphatic rings. The van der Waals surface area contributed by atoms with Gasteiger partial charge < -0.3 is 10.2 Å². The fourth-order valence-corrected chi connectivity index (χ4v) is 2.69. The van der Waals surface area contributed by atoms with E-state index in [1.165, 1.54) is 6.26 Å². The average Bonchev–Trinajstić information content (AvgIpc) is 2.51. The van der Waals surface area contributed by atoms with Crippen LogP contribution in [0.15, 0.2) is 46.8 Å². The smallest absolute Gasteiger partial charge is 0.193 e. The second kappa shape index (κ2) is 11.5. The Hall–Kier alpha value is -1.09. The summed E-state index contributed by atoms with van der Waals surface area (Å²) < 4.78 is 22.9. The Morgan fingerprint density at radius 2 is 1.96 bits per heavy atom. The summed E-state index contributed by atoms with van der Waals surface area (Å²) in [6.07, 6.45) is 5.15. The number of guanidine groups is 1. The third-order valence-corrected chi connectivity index (χ3v) is 4.49. The van der Waals surface area contributed by atoms with Gasteiger partial charge in [-0.25, -0.2) is 13.4 Å². The van der Waals surface area contributed by atoms with Crippen molar-refractivity contribution in [2.24, 2.45) is 4.99 Å². The number of nitrogens with one attached hydrogen (secondary N) is 1. The van der Waals surface area contributed by atoms with Gasteiger partial charge in [0.1, 0.15) is 0 Å². The molecule has 0 bridgehead atoms. The average molecular weight is 465 g/mol. The third-order valence-electron chi connectivity index (χ3n) is 3.36. The third kappa shape index (κ3) is 8.14. The summed E-state index contributed by atoms with van der Waals surface area (Å²) in [7, 11) is -1.14. The van der Waals surface area contributed by atoms with Gasteiger partial charge in [0.2, 0.25) is 0 Å². The van der Waals surface area contributed by atoms with Gasteiger partial charge in [-0.15, -0.1) is 30.6 Å². The number of rotatable bonds is 8. The highest BCUT2D eigenvalue weighted by Gasteiger charge is 2.07. The van der Waals surface area contributed by atoms with Crippen molar-refractivity contribution in [3.8, 4) is 0 Å². The molecule has 0 saturated carbocycles. The van der Waals surface area contributed by atoms with Crippen molar-refractivity contribution < 1.29 is 8.42 Å². The fraction of sp³-hybridized carbons (Fsp3) is 0.471. The molecule has 0 aromatic heterocycles. The van der Waals surface area contributed by atoms with E-state index in [4.69, 9.17) is 0 Å². The van der Waals surface area contributed by atoms with Gasteiger partial charge in [0.15, 0.2) is 15.8 Å². The number of hydrogen-bond acceptors (Lipinski definition) is 3. The number of allylic oxidation sites excluding steroid dienone is 1. The van der Waals surface area contributed by atoms with Gasteiger partial charge in [-0.3, -0.25) is 0 Å². The van der Waals surface area contributed by atoms with Crippen LogP contribution in [0.5, 0.6) is 0 Å². The number of halogens is 1. The molecule has 0 amide bonds. The summed E-state index contributed by atoms with van der Waals surface area (Å²) in [6, 6.07) is 6.87. The molecule has 0 aliphatic carbocycles. The van der Waals surface area contributed by atoms with Crippen molar-refractivity contribution >= 4 is 39.8 Å². The second-order valence-corrected chi connectivity index (χ2v) is 7.45. The van der Waals surface area contributed by atoms with Crippen LogP contribution >= 0.6 is 24.0 Å². The molecule has 1 aromatic carbocycles. The first kappa shape index (κ1) is 22.9. The van der Waals surface area contributed by atoms with Crippen molar-refractivity contribution in [3.05, 3.63) is 42.5 Å². The Morgan fingerprint density at radius 1 is 1.33 bits per heavy atom. The number of unbranched alkanes of at least 4 members (excludes halogenated alkanes) is 1. The Morgan fingerprint density at radius 3 is 2.46 bits per heavy atom. The van der Waals surface area contributed by atoms with E-state index in [0.29, 0.717) is 11.4 Å². The Labute approximate surface area is 163 Å². The lowest BCUT2D eigenvalue weighted by atomic mass is 10.2. The van der Waals surface area contributed by atoms with E-state index in [0.717, 1.165) is 37.5 Å². The second-order valence-electron chi connectivity index (χ2n) is 5.44. The minimum atomic E-state index is -3.15. The highest BCUT2D eigenvalue weighted by Crippen LogP contribution is 2.11. The zero-order valence-electron chi connectivity index (χ0n) is 14.7. The topological polar surface area (TPSA) is 61.8 Å². The predicted molar refractivity (Wildman–Crippen MR) is 112 cm³/mol. The van der Waals surface area contributed by atoms with Gasteiger partial charge in [-0.2, -0.15) is 0 Å². The van der Waals surface area contributed by atoms with Crippen molar-refractivity contribution in [3.63, 3.8) is 0 Å². The van der Waals surface area contributed by atoms with Gasteiger partial charge >= 0.3 is 0 Å². The predicted octanol–water partition coefficient (Wildman–Crippen LogP) is 3.07. The Balaban J connectivity index is 0.00000529. The maximum atomic E-state index is 11.5. The molecule has 24 heavy (non-hydrogen) atoms. The molecule has 1 aromatic rings. The summed E-state index contributed by atoms with van der Waals surface area (Å²) in [5, 5.41) is 3.27. The number of hydrogen-bond donors (Lipinski definition) is 1. The molecule has 0 heterocycles. The molecular formula is C17H28IN3O2S. The molecular weight excluding hydrogens is 437 g/mol. The lowest BCUT2D eigenvalue weighted by Crippen LogP contribution is -2.39. The van der Waals surface area contributed by atoms with Crippen LogP contribution < -0.4 is 5.32 Å². The fourth-order valence-electron chi connectivity index (χ4n) is 2.06. The van der Waals surface area contributed by atoms with E-state index >= 15 is 0 Å². The van der Waals surface area contributed by atoms with Crippen LogP contribution in [-0.4, -0.2) is 45.7 Å². The normalized spacial score (nSPS) is 11.5. The molecule has 0 radical (unpaired) electrons. The highest BCUT2D eigenvalue weighted by atomic mass is 127. The van der Waals surface area contributed by atoms with Crippen LogP contribution in [0.25, 0.3) is 0 Å². The summed E-state index contributed by atoms with van der Waals surface area (Å²) in [4.78, 5) is 7.04. The molecule has 0 spiro atoms. The van der Waals surface area contributed by atoms with Crippen LogP contribution in [-0.2, 0) is 16.4 Å². The van der Waals surface area contributed by atoms with E-state index in [2.05, 4.69) is 21.8 Å². The molecule has 0 saturated heterocycles. The SMILES string of the molecule is C=CCCCN(C)C(=NCc1ccc(S(C)(=O)=O)cc1)NCC.I. The minimum Gasteiger partial charge on any atom is -0.357 e. The molecule has 0 atom stereocenters. The number of nitrogens with zero attached hydrogens (tertiary/aromatic N) is 2. The van der Waals surface area contributed by atoms with E-state index < -0.39 is 9.84 Å². The van der Waals surface area contributed by atoms with Gasteiger partial charge in [-0.05, 0) is 37.5 Å². The summed E-state index contributed by atoms with van der Waals surface area (Å²) in [6.45, 7) is 7.99. The zero-order valence-corrected chi connectivity index (χ0v) is 17.8. The molecule has 7 heteroatoms. The van der Waals surface area contributed by atoms with Crippen LogP contribution in [0.3, 0.4) is 0 Å². The quantitative estimate of drug-likeness (QED) is 0.211. The first-order valence-corrected chi connectivity index (χ1v) is 9.67. The summed E-state index contributed by atoms with van der Waals surface area (Å²) >= 11 is 0. The molecule has 0 fully saturated rings. The maximum Gasteiger partial charge on any atom is 0.193 e. The van der Waals surface area contributed by atoms with Crippen molar-refractivity contribution in [1.82, 2.24) is 10.2 Å². The highest BCUT2D eigenvalue weighted by molar-refractivity contribution is 14.0. The van der Waals surface area contributed by atoms with Crippen molar-refractivity contribution in [2.75, 3.05) is 26.4 Å². The number of aliphatic imine (C=N–C) groups is 1. The molecule has 0 aliphatic heterocycles. The van der Waals surface area contributed by atoms with E-state index in [9.17, 15) is 8.42 Å². The Bertz CT molecular complexity index is 628. The number of benzene rings is 1. The van der Waals surface area contributed by atoms with Gasteiger partial charge in [0.05, 0.1) is 11.4 Å². The molecule has 136 valence electrons. The lowest BCUT2D eigenvalue weighted by Gasteiger charge is -2.21. The maximum absolute atomic E-state index is 11.5. The zero-order chi connectivity index (χ0) is 17.3. The largest absolute Gasteiger partial charge is 0.357 e. The first-order chi connectivity index (χ1) is 10.9. The van der Waals surface area contributed by atoms with Crippen molar-refractivity contribution in [1.29, 1.82) is 0 Å². The van der Waals surface area contributed by atoms with E-state index in [1.807, 2.05) is 20.0 Å². The van der Waals surface area contributed by atoms with Crippen molar-refractivity contribution in [2.45, 2.75) is 31.2 Å². The summed E-state index contributed by atoms with van der Waals surface area (Å²) in [5.41, 5.74) is 0.979. The first-order valence-electron chi connectivity index (χ1n) is 7.77. The van der Waals surface area contributed by atoms with E-state index in [-0.39, 0.29) is 24.0 Å². The standard InChI is InChI=1S/C17H27N3O2S.HI/c1-5-7-8-13-20(3)17(18-6-2)19-14-15-9-11-16(12-10-15)23(4,21)22;/h5,9-12H,1,6-8,13-14H2,2-4H3,(H,18,19);1H. The molecule has 0 unspecified atom stereocenters. The Kier molecular flexibility index (Phi) is 10.9. The van der Waals surface area contributed by atoms with E-state index in [1.54, 1.807) is 24.3 Å². The summed E-state index contributed by atoms with van der Waals surface area (Å²) in [5.74, 6) is 0.851. The van der Waals surface area contributed by atoms with Crippen LogP contribution in [0.4, 0.5) is 0 Å².